The minimum atomic E-state index is 0.260. The summed E-state index contributed by atoms with van der Waals surface area (Å²) in [6, 6.07) is 1.97. The molecule has 0 atom stereocenters. The van der Waals surface area contributed by atoms with Crippen LogP contribution in [-0.2, 0) is 0 Å². The average molecular weight is 308 g/mol. The fraction of sp³-hybridized carbons (Fsp3) is 0.714. The van der Waals surface area contributed by atoms with Crippen molar-refractivity contribution in [3.8, 4) is 0 Å². The van der Waals surface area contributed by atoms with Gasteiger partial charge in [0.25, 0.3) is 0 Å². The molecule has 8 nitrogen and oxygen atoms in total. The van der Waals surface area contributed by atoms with Crippen LogP contribution in [0.2, 0.25) is 0 Å². The third-order valence-corrected chi connectivity index (χ3v) is 4.49. The Balaban J connectivity index is 1.73. The Labute approximate surface area is 130 Å². The van der Waals surface area contributed by atoms with Crippen molar-refractivity contribution in [1.29, 1.82) is 0 Å². The predicted octanol–water partition coefficient (Wildman–Crippen LogP) is -0.221. The summed E-state index contributed by atoms with van der Waals surface area (Å²) in [4.78, 5) is 13.0. The van der Waals surface area contributed by atoms with Gasteiger partial charge in [-0.05, 0) is 18.8 Å². The summed E-state index contributed by atoms with van der Waals surface area (Å²) in [5, 5.41) is 20.0. The lowest BCUT2D eigenvalue weighted by atomic mass is 9.98. The molecular formula is C14H24N6O2. The van der Waals surface area contributed by atoms with Gasteiger partial charge in [0.05, 0.1) is 0 Å². The van der Waals surface area contributed by atoms with Gasteiger partial charge in [-0.25, -0.2) is 0 Å². The van der Waals surface area contributed by atoms with E-state index in [2.05, 4.69) is 19.8 Å². The van der Waals surface area contributed by atoms with Crippen LogP contribution in [0.5, 0.6) is 0 Å². The number of anilines is 3. The number of nitrogen functional groups attached to an aromatic ring is 1. The highest BCUT2D eigenvalue weighted by atomic mass is 16.5. The molecule has 2 fully saturated rings. The van der Waals surface area contributed by atoms with E-state index in [0.717, 1.165) is 50.7 Å². The topological polar surface area (TPSA) is 102 Å². The van der Waals surface area contributed by atoms with Gasteiger partial charge in [-0.15, -0.1) is 0 Å². The number of hydroxylamine groups is 2. The van der Waals surface area contributed by atoms with Crippen molar-refractivity contribution in [3.63, 3.8) is 0 Å². The zero-order valence-corrected chi connectivity index (χ0v) is 12.7. The number of hydrogen-bond acceptors (Lipinski definition) is 8. The molecule has 22 heavy (non-hydrogen) atoms. The van der Waals surface area contributed by atoms with Crippen LogP contribution in [0.25, 0.3) is 0 Å². The number of aromatic nitrogens is 2. The number of aliphatic hydroxyl groups excluding tert-OH is 1. The van der Waals surface area contributed by atoms with E-state index < -0.39 is 0 Å². The second-order valence-corrected chi connectivity index (χ2v) is 6.00. The molecule has 0 saturated carbocycles. The molecule has 3 rings (SSSR count). The fourth-order valence-corrected chi connectivity index (χ4v) is 3.03. The predicted molar refractivity (Wildman–Crippen MR) is 84.0 cm³/mol. The standard InChI is InChI=1S/C14H24N6O2/c15-14-16-12(18-3-1-11(10-21)2-4-18)9-13(17-14)19-5-7-20(22)8-6-19/h9,11,21-22H,1-8,10H2,(H2,15,16,17). The van der Waals surface area contributed by atoms with E-state index in [-0.39, 0.29) is 12.6 Å². The number of rotatable bonds is 3. The molecule has 8 heteroatoms. The molecule has 2 aliphatic heterocycles. The number of hydrogen-bond donors (Lipinski definition) is 3. The van der Waals surface area contributed by atoms with Gasteiger partial charge in [0.15, 0.2) is 0 Å². The van der Waals surface area contributed by atoms with E-state index in [1.165, 1.54) is 5.06 Å². The van der Waals surface area contributed by atoms with Crippen molar-refractivity contribution in [1.82, 2.24) is 15.0 Å². The quantitative estimate of drug-likeness (QED) is 0.704. The maximum atomic E-state index is 9.46. The summed E-state index contributed by atoms with van der Waals surface area (Å²) in [5.41, 5.74) is 5.88. The van der Waals surface area contributed by atoms with Crippen LogP contribution in [-0.4, -0.2) is 71.2 Å². The molecule has 0 amide bonds. The molecule has 122 valence electrons. The first kappa shape index (κ1) is 15.3. The first-order valence-corrected chi connectivity index (χ1v) is 7.85. The van der Waals surface area contributed by atoms with Gasteiger partial charge in [0, 0.05) is 51.9 Å². The van der Waals surface area contributed by atoms with Gasteiger partial charge in [0.1, 0.15) is 11.6 Å². The molecule has 0 radical (unpaired) electrons. The summed E-state index contributed by atoms with van der Waals surface area (Å²) in [6.45, 7) is 4.66. The molecule has 0 aromatic carbocycles. The lowest BCUT2D eigenvalue weighted by Gasteiger charge is -2.34. The molecule has 4 N–H and O–H groups in total. The molecule has 3 heterocycles. The van der Waals surface area contributed by atoms with Gasteiger partial charge < -0.3 is 25.8 Å². The van der Waals surface area contributed by atoms with E-state index in [4.69, 9.17) is 5.73 Å². The van der Waals surface area contributed by atoms with Gasteiger partial charge >= 0.3 is 0 Å². The number of aliphatic hydroxyl groups is 1. The van der Waals surface area contributed by atoms with Crippen molar-refractivity contribution in [2.45, 2.75) is 12.8 Å². The maximum Gasteiger partial charge on any atom is 0.223 e. The summed E-state index contributed by atoms with van der Waals surface area (Å²) >= 11 is 0. The number of piperidine rings is 1. The Bertz CT molecular complexity index is 498. The first-order valence-electron chi connectivity index (χ1n) is 7.85. The Kier molecular flexibility index (Phi) is 4.60. The second-order valence-electron chi connectivity index (χ2n) is 6.00. The van der Waals surface area contributed by atoms with Crippen LogP contribution in [0.1, 0.15) is 12.8 Å². The first-order chi connectivity index (χ1) is 10.7. The highest BCUT2D eigenvalue weighted by Crippen LogP contribution is 2.25. The van der Waals surface area contributed by atoms with E-state index in [1.54, 1.807) is 0 Å². The second kappa shape index (κ2) is 6.64. The maximum absolute atomic E-state index is 9.46. The third-order valence-electron chi connectivity index (χ3n) is 4.49. The zero-order chi connectivity index (χ0) is 15.5. The molecule has 2 aliphatic rings. The molecule has 0 spiro atoms. The highest BCUT2D eigenvalue weighted by Gasteiger charge is 2.22. The Morgan fingerprint density at radius 2 is 1.55 bits per heavy atom. The summed E-state index contributed by atoms with van der Waals surface area (Å²) < 4.78 is 0. The summed E-state index contributed by atoms with van der Waals surface area (Å²) in [6.07, 6.45) is 1.94. The summed E-state index contributed by atoms with van der Waals surface area (Å²) in [7, 11) is 0. The molecule has 0 aliphatic carbocycles. The Hall–Kier alpha value is -1.64. The third kappa shape index (κ3) is 3.40. The van der Waals surface area contributed by atoms with Crippen LogP contribution < -0.4 is 15.5 Å². The van der Waals surface area contributed by atoms with Crippen LogP contribution in [0.15, 0.2) is 6.07 Å². The smallest absolute Gasteiger partial charge is 0.223 e. The minimum absolute atomic E-state index is 0.260. The monoisotopic (exact) mass is 308 g/mol. The summed E-state index contributed by atoms with van der Waals surface area (Å²) in [5.74, 6) is 2.35. The highest BCUT2D eigenvalue weighted by molar-refractivity contribution is 5.54. The zero-order valence-electron chi connectivity index (χ0n) is 12.7. The van der Waals surface area contributed by atoms with Crippen molar-refractivity contribution < 1.29 is 10.3 Å². The fourth-order valence-electron chi connectivity index (χ4n) is 3.03. The van der Waals surface area contributed by atoms with Crippen LogP contribution >= 0.6 is 0 Å². The van der Waals surface area contributed by atoms with E-state index in [9.17, 15) is 10.3 Å². The Morgan fingerprint density at radius 1 is 1.00 bits per heavy atom. The molecule has 0 bridgehead atoms. The van der Waals surface area contributed by atoms with E-state index in [1.807, 2.05) is 6.07 Å². The van der Waals surface area contributed by atoms with Gasteiger partial charge in [-0.1, -0.05) is 0 Å². The largest absolute Gasteiger partial charge is 0.396 e. The van der Waals surface area contributed by atoms with Crippen LogP contribution in [0.4, 0.5) is 17.6 Å². The minimum Gasteiger partial charge on any atom is -0.396 e. The van der Waals surface area contributed by atoms with Crippen LogP contribution in [0.3, 0.4) is 0 Å². The lowest BCUT2D eigenvalue weighted by Crippen LogP contribution is -2.45. The van der Waals surface area contributed by atoms with Crippen LogP contribution in [0, 0.1) is 5.92 Å². The molecule has 1 aromatic rings. The normalized spacial score (nSPS) is 21.4. The van der Waals surface area contributed by atoms with Gasteiger partial charge in [-0.2, -0.15) is 15.0 Å². The van der Waals surface area contributed by atoms with E-state index in [0.29, 0.717) is 19.0 Å². The average Bonchev–Trinajstić information content (AvgIpc) is 2.55. The van der Waals surface area contributed by atoms with Crippen molar-refractivity contribution >= 4 is 17.6 Å². The van der Waals surface area contributed by atoms with E-state index >= 15 is 0 Å². The van der Waals surface area contributed by atoms with Crippen molar-refractivity contribution in [3.05, 3.63) is 6.07 Å². The Morgan fingerprint density at radius 3 is 2.09 bits per heavy atom. The SMILES string of the molecule is Nc1nc(N2CCC(CO)CC2)cc(N2CCN(O)CC2)n1. The van der Waals surface area contributed by atoms with Gasteiger partial charge in [-0.3, -0.25) is 0 Å². The van der Waals surface area contributed by atoms with Crippen molar-refractivity contribution in [2.24, 2.45) is 5.92 Å². The lowest BCUT2D eigenvalue weighted by molar-refractivity contribution is -0.0936. The van der Waals surface area contributed by atoms with Crippen molar-refractivity contribution in [2.75, 3.05) is 61.4 Å². The number of piperazine rings is 1. The number of nitrogens with zero attached hydrogens (tertiary/aromatic N) is 5. The molecule has 1 aromatic heterocycles. The number of nitrogens with two attached hydrogens (primary N) is 1. The molecule has 0 unspecified atom stereocenters. The molecular weight excluding hydrogens is 284 g/mol. The van der Waals surface area contributed by atoms with Gasteiger partial charge in [0.2, 0.25) is 5.95 Å². The molecule has 2 saturated heterocycles.